The number of hydrogen-bond donors (Lipinski definition) is 2. The van der Waals surface area contributed by atoms with Crippen molar-refractivity contribution in [2.45, 2.75) is 33.6 Å². The minimum Gasteiger partial charge on any atom is -0.356 e. The molecule has 5 heteroatoms. The van der Waals surface area contributed by atoms with Crippen molar-refractivity contribution in [2.75, 3.05) is 25.0 Å². The van der Waals surface area contributed by atoms with Crippen LogP contribution in [0.2, 0.25) is 0 Å². The lowest BCUT2D eigenvalue weighted by Crippen LogP contribution is -2.45. The highest BCUT2D eigenvalue weighted by molar-refractivity contribution is 5.90. The van der Waals surface area contributed by atoms with Gasteiger partial charge in [0.15, 0.2) is 0 Å². The summed E-state index contributed by atoms with van der Waals surface area (Å²) in [4.78, 5) is 26.0. The molecule has 1 atom stereocenters. The van der Waals surface area contributed by atoms with Gasteiger partial charge in [0.1, 0.15) is 0 Å². The summed E-state index contributed by atoms with van der Waals surface area (Å²) < 4.78 is 0. The molecule has 1 aromatic rings. The van der Waals surface area contributed by atoms with Gasteiger partial charge in [-0.2, -0.15) is 0 Å². The summed E-state index contributed by atoms with van der Waals surface area (Å²) in [5.41, 5.74) is 1.91. The molecular formula is C18H27N3O2. The number of anilines is 1. The molecule has 2 rings (SSSR count). The van der Waals surface area contributed by atoms with Crippen molar-refractivity contribution in [3.8, 4) is 0 Å². The minimum absolute atomic E-state index is 0.000881. The Morgan fingerprint density at radius 2 is 2.04 bits per heavy atom. The number of amides is 3. The number of para-hydroxylation sites is 1. The van der Waals surface area contributed by atoms with Crippen LogP contribution in [0.1, 0.15) is 32.3 Å². The molecule has 0 aromatic heterocycles. The number of carbonyl (C=O) groups is 2. The maximum absolute atomic E-state index is 12.4. The molecule has 1 heterocycles. The average Bonchev–Trinajstić information content (AvgIpc) is 2.54. The molecule has 1 aliphatic rings. The highest BCUT2D eigenvalue weighted by atomic mass is 16.2. The summed E-state index contributed by atoms with van der Waals surface area (Å²) in [7, 11) is 0. The van der Waals surface area contributed by atoms with Gasteiger partial charge in [-0.15, -0.1) is 0 Å². The van der Waals surface area contributed by atoms with Gasteiger partial charge in [-0.25, -0.2) is 4.79 Å². The first-order valence-corrected chi connectivity index (χ1v) is 8.36. The molecule has 1 unspecified atom stereocenters. The number of hydrogen-bond acceptors (Lipinski definition) is 2. The summed E-state index contributed by atoms with van der Waals surface area (Å²) in [5, 5.41) is 5.96. The quantitative estimate of drug-likeness (QED) is 0.897. The molecule has 1 aliphatic heterocycles. The number of aryl methyl sites for hydroxylation is 1. The van der Waals surface area contributed by atoms with Crippen LogP contribution in [-0.4, -0.2) is 36.5 Å². The largest absolute Gasteiger partial charge is 0.356 e. The maximum Gasteiger partial charge on any atom is 0.321 e. The number of nitrogens with one attached hydrogen (secondary N) is 2. The van der Waals surface area contributed by atoms with Crippen LogP contribution in [0.15, 0.2) is 24.3 Å². The van der Waals surface area contributed by atoms with E-state index in [0.29, 0.717) is 19.0 Å². The Kier molecular flexibility index (Phi) is 6.02. The predicted octanol–water partition coefficient (Wildman–Crippen LogP) is 3.01. The second kappa shape index (κ2) is 7.99. The second-order valence-corrected chi connectivity index (χ2v) is 6.60. The van der Waals surface area contributed by atoms with Crippen LogP contribution in [0.4, 0.5) is 10.5 Å². The molecule has 1 fully saturated rings. The Balaban J connectivity index is 1.86. The average molecular weight is 317 g/mol. The molecular weight excluding hydrogens is 290 g/mol. The summed E-state index contributed by atoms with van der Waals surface area (Å²) in [6.07, 6.45) is 2.02. The van der Waals surface area contributed by atoms with E-state index in [2.05, 4.69) is 10.6 Å². The Labute approximate surface area is 138 Å². The fourth-order valence-electron chi connectivity index (χ4n) is 2.77. The maximum atomic E-state index is 12.4. The lowest BCUT2D eigenvalue weighted by molar-refractivity contribution is -0.124. The number of piperidine rings is 1. The van der Waals surface area contributed by atoms with Gasteiger partial charge in [0, 0.05) is 31.2 Å². The van der Waals surface area contributed by atoms with Crippen molar-refractivity contribution in [2.24, 2.45) is 11.8 Å². The van der Waals surface area contributed by atoms with Gasteiger partial charge >= 0.3 is 6.03 Å². The van der Waals surface area contributed by atoms with E-state index in [1.807, 2.05) is 49.9 Å². The van der Waals surface area contributed by atoms with E-state index in [9.17, 15) is 9.59 Å². The van der Waals surface area contributed by atoms with Gasteiger partial charge in [0.25, 0.3) is 0 Å². The molecule has 0 spiro atoms. The standard InChI is InChI=1S/C18H27N3O2/c1-13(2)17(22)19-11-15-8-6-10-21(12-15)18(23)20-16-9-5-4-7-14(16)3/h4-5,7,9,13,15H,6,8,10-12H2,1-3H3,(H,19,22)(H,20,23). The van der Waals surface area contributed by atoms with Crippen molar-refractivity contribution in [3.63, 3.8) is 0 Å². The predicted molar refractivity (Wildman–Crippen MR) is 92.3 cm³/mol. The van der Waals surface area contributed by atoms with Crippen molar-refractivity contribution in [1.82, 2.24) is 10.2 Å². The summed E-state index contributed by atoms with van der Waals surface area (Å²) >= 11 is 0. The molecule has 0 radical (unpaired) electrons. The topological polar surface area (TPSA) is 61.4 Å². The fraction of sp³-hybridized carbons (Fsp3) is 0.556. The number of carbonyl (C=O) groups excluding carboxylic acids is 2. The Morgan fingerprint density at radius 3 is 2.74 bits per heavy atom. The first-order valence-electron chi connectivity index (χ1n) is 8.36. The molecule has 2 N–H and O–H groups in total. The minimum atomic E-state index is -0.0563. The monoisotopic (exact) mass is 317 g/mol. The smallest absolute Gasteiger partial charge is 0.321 e. The van der Waals surface area contributed by atoms with Crippen molar-refractivity contribution >= 4 is 17.6 Å². The van der Waals surface area contributed by atoms with Gasteiger partial charge in [-0.1, -0.05) is 32.0 Å². The molecule has 126 valence electrons. The highest BCUT2D eigenvalue weighted by Crippen LogP contribution is 2.19. The third-order valence-electron chi connectivity index (χ3n) is 4.28. The summed E-state index contributed by atoms with van der Waals surface area (Å²) in [5.74, 6) is 0.402. The molecule has 1 aromatic carbocycles. The number of benzene rings is 1. The molecule has 23 heavy (non-hydrogen) atoms. The lowest BCUT2D eigenvalue weighted by Gasteiger charge is -2.33. The molecule has 0 aliphatic carbocycles. The van der Waals surface area contributed by atoms with E-state index in [-0.39, 0.29) is 17.9 Å². The molecule has 1 saturated heterocycles. The third kappa shape index (κ3) is 4.98. The number of nitrogens with zero attached hydrogens (tertiary/aromatic N) is 1. The highest BCUT2D eigenvalue weighted by Gasteiger charge is 2.24. The van der Waals surface area contributed by atoms with E-state index in [0.717, 1.165) is 30.6 Å². The van der Waals surface area contributed by atoms with Crippen molar-refractivity contribution in [3.05, 3.63) is 29.8 Å². The van der Waals surface area contributed by atoms with Crippen LogP contribution in [0.25, 0.3) is 0 Å². The Hall–Kier alpha value is -2.04. The van der Waals surface area contributed by atoms with E-state index < -0.39 is 0 Å². The van der Waals surface area contributed by atoms with Gasteiger partial charge < -0.3 is 15.5 Å². The van der Waals surface area contributed by atoms with Crippen LogP contribution >= 0.6 is 0 Å². The number of likely N-dealkylation sites (tertiary alicyclic amines) is 1. The van der Waals surface area contributed by atoms with Crippen LogP contribution in [0.5, 0.6) is 0 Å². The van der Waals surface area contributed by atoms with Gasteiger partial charge in [-0.05, 0) is 37.3 Å². The third-order valence-corrected chi connectivity index (χ3v) is 4.28. The first kappa shape index (κ1) is 17.3. The molecule has 0 saturated carbocycles. The van der Waals surface area contributed by atoms with Crippen LogP contribution in [0.3, 0.4) is 0 Å². The number of rotatable bonds is 4. The lowest BCUT2D eigenvalue weighted by atomic mass is 9.98. The van der Waals surface area contributed by atoms with Crippen LogP contribution in [0, 0.1) is 18.8 Å². The van der Waals surface area contributed by atoms with Crippen LogP contribution < -0.4 is 10.6 Å². The van der Waals surface area contributed by atoms with Crippen LogP contribution in [-0.2, 0) is 4.79 Å². The van der Waals surface area contributed by atoms with E-state index in [1.54, 1.807) is 0 Å². The Bertz CT molecular complexity index is 557. The number of urea groups is 1. The normalized spacial score (nSPS) is 17.9. The van der Waals surface area contributed by atoms with Crippen molar-refractivity contribution in [1.29, 1.82) is 0 Å². The first-order chi connectivity index (χ1) is 11.0. The van der Waals surface area contributed by atoms with E-state index in [1.165, 1.54) is 0 Å². The second-order valence-electron chi connectivity index (χ2n) is 6.60. The zero-order valence-electron chi connectivity index (χ0n) is 14.3. The molecule has 0 bridgehead atoms. The zero-order valence-corrected chi connectivity index (χ0v) is 14.3. The molecule has 5 nitrogen and oxygen atoms in total. The Morgan fingerprint density at radius 1 is 1.30 bits per heavy atom. The van der Waals surface area contributed by atoms with Gasteiger partial charge in [-0.3, -0.25) is 4.79 Å². The SMILES string of the molecule is Cc1ccccc1NC(=O)N1CCCC(CNC(=O)C(C)C)C1. The van der Waals surface area contributed by atoms with E-state index in [4.69, 9.17) is 0 Å². The summed E-state index contributed by atoms with van der Waals surface area (Å²) in [6.45, 7) is 7.86. The van der Waals surface area contributed by atoms with Crippen molar-refractivity contribution < 1.29 is 9.59 Å². The van der Waals surface area contributed by atoms with E-state index >= 15 is 0 Å². The van der Waals surface area contributed by atoms with Gasteiger partial charge in [0.2, 0.25) is 5.91 Å². The zero-order chi connectivity index (χ0) is 16.8. The summed E-state index contributed by atoms with van der Waals surface area (Å²) in [6, 6.07) is 7.72. The van der Waals surface area contributed by atoms with Gasteiger partial charge in [0.05, 0.1) is 0 Å². The molecule has 3 amide bonds. The fourth-order valence-corrected chi connectivity index (χ4v) is 2.77.